The number of hydroxylamine groups is 3. The number of carbonyl (C=O) groups excluding carboxylic acids is 2. The molecule has 0 aromatic heterocycles. The zero-order valence-corrected chi connectivity index (χ0v) is 14.7. The van der Waals surface area contributed by atoms with Crippen molar-refractivity contribution >= 4 is 24.8 Å². The van der Waals surface area contributed by atoms with E-state index in [0.717, 1.165) is 13.0 Å². The summed E-state index contributed by atoms with van der Waals surface area (Å²) in [5, 5.41) is 4.61. The molecule has 0 radical (unpaired) electrons. The summed E-state index contributed by atoms with van der Waals surface area (Å²) in [6.07, 6.45) is 2.24. The second-order valence-electron chi connectivity index (χ2n) is 6.91. The van der Waals surface area contributed by atoms with Crippen molar-refractivity contribution in [3.8, 4) is 0 Å². The minimum atomic E-state index is -0.528. The first-order chi connectivity index (χ1) is 12.2. The molecule has 4 aliphatic heterocycles. The van der Waals surface area contributed by atoms with Gasteiger partial charge in [-0.25, -0.2) is 14.6 Å². The van der Waals surface area contributed by atoms with Crippen LogP contribution >= 0.6 is 12.9 Å². The van der Waals surface area contributed by atoms with E-state index >= 15 is 0 Å². The summed E-state index contributed by atoms with van der Waals surface area (Å²) in [7, 11) is 0. The molecule has 0 saturated carbocycles. The first-order valence-electron chi connectivity index (χ1n) is 8.55. The monoisotopic (exact) mass is 373 g/mol. The van der Waals surface area contributed by atoms with Crippen molar-refractivity contribution in [1.82, 2.24) is 25.7 Å². The number of nitrogens with zero attached hydrogens (tertiary/aromatic N) is 3. The van der Waals surface area contributed by atoms with Crippen molar-refractivity contribution in [3.05, 3.63) is 0 Å². The standard InChI is InChI=1S/C14H23N5O5S/c20-13(12-2-1-10-5-18(12)14(21)19(10)24-25)16-23-6-9-3-11(4-15-9)17-7-22-8-17/h9-12,15,25H,1-8H2,(H,16,20)/t9-,10?,11-,12?/m1/s1. The van der Waals surface area contributed by atoms with E-state index in [4.69, 9.17) is 13.9 Å². The van der Waals surface area contributed by atoms with Crippen LogP contribution in [0.3, 0.4) is 0 Å². The molecule has 10 nitrogen and oxygen atoms in total. The molecular weight excluding hydrogens is 350 g/mol. The molecule has 4 heterocycles. The van der Waals surface area contributed by atoms with E-state index in [1.165, 1.54) is 9.96 Å². The first-order valence-corrected chi connectivity index (χ1v) is 8.92. The quantitative estimate of drug-likeness (QED) is 0.314. The maximum atomic E-state index is 12.4. The fourth-order valence-electron chi connectivity index (χ4n) is 3.90. The molecule has 4 saturated heterocycles. The van der Waals surface area contributed by atoms with Crippen molar-refractivity contribution in [1.29, 1.82) is 0 Å². The molecule has 0 aromatic carbocycles. The number of amides is 3. The molecule has 2 unspecified atom stereocenters. The van der Waals surface area contributed by atoms with Gasteiger partial charge in [0.1, 0.15) is 19.5 Å². The molecule has 140 valence electrons. The van der Waals surface area contributed by atoms with E-state index in [-0.39, 0.29) is 24.0 Å². The molecule has 3 amide bonds. The van der Waals surface area contributed by atoms with Gasteiger partial charge in [-0.3, -0.25) is 14.5 Å². The lowest BCUT2D eigenvalue weighted by atomic mass is 10.0. The molecule has 0 spiro atoms. The van der Waals surface area contributed by atoms with E-state index < -0.39 is 6.04 Å². The second kappa shape index (κ2) is 7.25. The third-order valence-electron chi connectivity index (χ3n) is 5.40. The summed E-state index contributed by atoms with van der Waals surface area (Å²) in [6, 6.07) is -0.236. The fraction of sp³-hybridized carbons (Fsp3) is 0.857. The van der Waals surface area contributed by atoms with Crippen LogP contribution in [-0.2, 0) is 18.7 Å². The van der Waals surface area contributed by atoms with Crippen LogP contribution < -0.4 is 10.8 Å². The van der Waals surface area contributed by atoms with E-state index in [1.807, 2.05) is 0 Å². The van der Waals surface area contributed by atoms with Gasteiger partial charge in [-0.15, -0.1) is 0 Å². The van der Waals surface area contributed by atoms with Crippen molar-refractivity contribution in [2.75, 3.05) is 33.2 Å². The molecule has 11 heteroatoms. The zero-order chi connectivity index (χ0) is 17.4. The first kappa shape index (κ1) is 17.3. The van der Waals surface area contributed by atoms with Gasteiger partial charge in [-0.2, -0.15) is 5.06 Å². The lowest BCUT2D eigenvalue weighted by molar-refractivity contribution is -0.162. The number of hydrogen-bond donors (Lipinski definition) is 3. The summed E-state index contributed by atoms with van der Waals surface area (Å²) < 4.78 is 9.98. The van der Waals surface area contributed by atoms with Crippen LogP contribution in [0.25, 0.3) is 0 Å². The summed E-state index contributed by atoms with van der Waals surface area (Å²) in [6.45, 7) is 3.15. The molecule has 4 atom stereocenters. The highest BCUT2D eigenvalue weighted by atomic mass is 32.1. The zero-order valence-electron chi connectivity index (χ0n) is 13.8. The second-order valence-corrected chi connectivity index (χ2v) is 7.08. The summed E-state index contributed by atoms with van der Waals surface area (Å²) in [4.78, 5) is 33.7. The van der Waals surface area contributed by atoms with Crippen LogP contribution in [0.15, 0.2) is 0 Å². The van der Waals surface area contributed by atoms with Crippen LogP contribution in [-0.4, -0.2) is 84.1 Å². The van der Waals surface area contributed by atoms with Crippen LogP contribution in [0, 0.1) is 0 Å². The van der Waals surface area contributed by atoms with E-state index in [2.05, 4.69) is 28.6 Å². The van der Waals surface area contributed by atoms with E-state index in [0.29, 0.717) is 45.5 Å². The van der Waals surface area contributed by atoms with Crippen LogP contribution in [0.2, 0.25) is 0 Å². The molecule has 0 aliphatic carbocycles. The number of nitrogens with one attached hydrogen (secondary N) is 2. The van der Waals surface area contributed by atoms with E-state index in [1.54, 1.807) is 0 Å². The maximum absolute atomic E-state index is 12.4. The fourth-order valence-corrected chi connectivity index (χ4v) is 4.11. The third kappa shape index (κ3) is 3.32. The van der Waals surface area contributed by atoms with Crippen LogP contribution in [0.4, 0.5) is 4.79 Å². The highest BCUT2D eigenvalue weighted by Crippen LogP contribution is 2.30. The summed E-state index contributed by atoms with van der Waals surface area (Å²) in [5.74, 6) is -0.293. The number of thiol groups is 1. The minimum Gasteiger partial charge on any atom is -0.351 e. The summed E-state index contributed by atoms with van der Waals surface area (Å²) in [5.41, 5.74) is 2.50. The van der Waals surface area contributed by atoms with Crippen molar-refractivity contribution in [2.45, 2.75) is 43.4 Å². The maximum Gasteiger partial charge on any atom is 0.345 e. The average molecular weight is 373 g/mol. The summed E-state index contributed by atoms with van der Waals surface area (Å²) >= 11 is 3.71. The Morgan fingerprint density at radius 2 is 2.20 bits per heavy atom. The van der Waals surface area contributed by atoms with Gasteiger partial charge < -0.3 is 15.0 Å². The highest BCUT2D eigenvalue weighted by Gasteiger charge is 2.48. The third-order valence-corrected chi connectivity index (χ3v) is 5.58. The van der Waals surface area contributed by atoms with Gasteiger partial charge in [-0.1, -0.05) is 0 Å². The predicted octanol–water partition coefficient (Wildman–Crippen LogP) is -0.943. The van der Waals surface area contributed by atoms with Crippen molar-refractivity contribution in [3.63, 3.8) is 0 Å². The topological polar surface area (TPSA) is 95.6 Å². The Bertz CT molecular complexity index is 536. The minimum absolute atomic E-state index is 0.0416. The highest BCUT2D eigenvalue weighted by molar-refractivity contribution is 7.75. The van der Waals surface area contributed by atoms with Gasteiger partial charge >= 0.3 is 6.03 Å². The van der Waals surface area contributed by atoms with Gasteiger partial charge in [0.15, 0.2) is 0 Å². The van der Waals surface area contributed by atoms with Crippen LogP contribution in [0.5, 0.6) is 0 Å². The molecule has 2 bridgehead atoms. The van der Waals surface area contributed by atoms with Crippen molar-refractivity contribution < 1.29 is 23.4 Å². The number of hydrogen-bond acceptors (Lipinski definition) is 8. The molecule has 2 N–H and O–H groups in total. The Morgan fingerprint density at radius 3 is 2.92 bits per heavy atom. The Kier molecular flexibility index (Phi) is 5.02. The Labute approximate surface area is 151 Å². The lowest BCUT2D eigenvalue weighted by Gasteiger charge is -2.35. The number of ether oxygens (including phenoxy) is 1. The Balaban J connectivity index is 1.21. The SMILES string of the molecule is O=C(NOC[C@H]1C[C@@H](N2COC2)CN1)C1CCC2CN1C(=O)N2OS. The molecule has 4 fully saturated rings. The van der Waals surface area contributed by atoms with Crippen molar-refractivity contribution in [2.24, 2.45) is 0 Å². The lowest BCUT2D eigenvalue weighted by Crippen LogP contribution is -2.50. The average Bonchev–Trinajstić information content (AvgIpc) is 3.10. The molecular formula is C14H23N5O5S. The number of fused-ring (bicyclic) bond motifs is 2. The predicted molar refractivity (Wildman–Crippen MR) is 87.8 cm³/mol. The van der Waals surface area contributed by atoms with Gasteiger partial charge in [0.25, 0.3) is 5.91 Å². The normalized spacial score (nSPS) is 35.2. The number of rotatable bonds is 6. The van der Waals surface area contributed by atoms with E-state index in [9.17, 15) is 9.59 Å². The molecule has 0 aromatic rings. The Morgan fingerprint density at radius 1 is 1.36 bits per heavy atom. The van der Waals surface area contributed by atoms with Gasteiger partial charge in [0.2, 0.25) is 0 Å². The number of carbonyl (C=O) groups is 2. The number of piperidine rings is 1. The van der Waals surface area contributed by atoms with Gasteiger partial charge in [0, 0.05) is 38.1 Å². The Hall–Kier alpha value is -1.11. The molecule has 4 rings (SSSR count). The van der Waals surface area contributed by atoms with Gasteiger partial charge in [0.05, 0.1) is 12.6 Å². The largest absolute Gasteiger partial charge is 0.351 e. The number of urea groups is 1. The van der Waals surface area contributed by atoms with Crippen LogP contribution in [0.1, 0.15) is 19.3 Å². The molecule has 25 heavy (non-hydrogen) atoms. The van der Waals surface area contributed by atoms with Gasteiger partial charge in [-0.05, 0) is 19.3 Å². The molecule has 4 aliphatic rings. The smallest absolute Gasteiger partial charge is 0.345 e.